The van der Waals surface area contributed by atoms with Gasteiger partial charge in [-0.15, -0.1) is 0 Å². The van der Waals surface area contributed by atoms with Gasteiger partial charge in [0.25, 0.3) is 5.91 Å². The largest absolute Gasteiger partial charge is 0.491 e. The maximum absolute atomic E-state index is 14.5. The van der Waals surface area contributed by atoms with E-state index in [-0.39, 0.29) is 29.6 Å². The summed E-state index contributed by atoms with van der Waals surface area (Å²) in [6, 6.07) is 5.87. The zero-order chi connectivity index (χ0) is 22.7. The SMILES string of the molecule is CCCC(=O)c1ccc(Cc2cc(C(=O)N[C@H]3CCOC[C@@H]3O)nc3c2OCC3)cc1F. The van der Waals surface area contributed by atoms with Crippen LogP contribution in [0.4, 0.5) is 4.39 Å². The van der Waals surface area contributed by atoms with Crippen molar-refractivity contribution >= 4 is 11.7 Å². The van der Waals surface area contributed by atoms with Gasteiger partial charge in [0, 0.05) is 31.4 Å². The molecular formula is C24H27FN2O5. The fourth-order valence-corrected chi connectivity index (χ4v) is 4.10. The lowest BCUT2D eigenvalue weighted by Gasteiger charge is -2.28. The van der Waals surface area contributed by atoms with Gasteiger partial charge in [0.1, 0.15) is 17.3 Å². The number of benzene rings is 1. The highest BCUT2D eigenvalue weighted by Gasteiger charge is 2.28. The number of ketones is 1. The number of rotatable bonds is 7. The van der Waals surface area contributed by atoms with Crippen molar-refractivity contribution in [3.8, 4) is 5.75 Å². The number of nitrogens with zero attached hydrogens (tertiary/aromatic N) is 1. The molecule has 0 unspecified atom stereocenters. The van der Waals surface area contributed by atoms with Crippen LogP contribution in [0.3, 0.4) is 0 Å². The highest BCUT2D eigenvalue weighted by molar-refractivity contribution is 5.96. The van der Waals surface area contributed by atoms with E-state index in [1.54, 1.807) is 12.1 Å². The van der Waals surface area contributed by atoms with Crippen LogP contribution in [0.2, 0.25) is 0 Å². The number of hydrogen-bond donors (Lipinski definition) is 2. The number of aliphatic hydroxyl groups excluding tert-OH is 1. The van der Waals surface area contributed by atoms with Crippen LogP contribution in [0.1, 0.15) is 63.9 Å². The van der Waals surface area contributed by atoms with Crippen molar-refractivity contribution in [3.05, 3.63) is 58.2 Å². The number of carbonyl (C=O) groups is 2. The predicted octanol–water partition coefficient (Wildman–Crippen LogP) is 2.61. The van der Waals surface area contributed by atoms with Gasteiger partial charge in [0.15, 0.2) is 5.78 Å². The Bertz CT molecular complexity index is 1030. The molecule has 7 nitrogen and oxygen atoms in total. The third kappa shape index (κ3) is 4.81. The summed E-state index contributed by atoms with van der Waals surface area (Å²) in [5.41, 5.74) is 2.43. The molecule has 2 atom stereocenters. The molecule has 4 rings (SSSR count). The minimum Gasteiger partial charge on any atom is -0.491 e. The fraction of sp³-hybridized carbons (Fsp3) is 0.458. The Morgan fingerprint density at radius 2 is 2.12 bits per heavy atom. The summed E-state index contributed by atoms with van der Waals surface area (Å²) in [6.45, 7) is 3.01. The van der Waals surface area contributed by atoms with E-state index >= 15 is 0 Å². The van der Waals surface area contributed by atoms with Gasteiger partial charge in [0.2, 0.25) is 0 Å². The van der Waals surface area contributed by atoms with E-state index in [9.17, 15) is 19.1 Å². The molecule has 8 heteroatoms. The molecular weight excluding hydrogens is 415 g/mol. The van der Waals surface area contributed by atoms with Crippen LogP contribution in [-0.2, 0) is 17.6 Å². The number of fused-ring (bicyclic) bond motifs is 1. The predicted molar refractivity (Wildman–Crippen MR) is 115 cm³/mol. The molecule has 170 valence electrons. The molecule has 2 aliphatic heterocycles. The van der Waals surface area contributed by atoms with Gasteiger partial charge >= 0.3 is 0 Å². The lowest BCUT2D eigenvalue weighted by atomic mass is 9.99. The Morgan fingerprint density at radius 1 is 1.28 bits per heavy atom. The van der Waals surface area contributed by atoms with E-state index in [2.05, 4.69) is 10.3 Å². The first-order valence-electron chi connectivity index (χ1n) is 11.0. The molecule has 0 radical (unpaired) electrons. The number of halogens is 1. The number of ether oxygens (including phenoxy) is 2. The number of aromatic nitrogens is 1. The molecule has 0 aliphatic carbocycles. The summed E-state index contributed by atoms with van der Waals surface area (Å²) in [6.07, 6.45) is 1.66. The van der Waals surface area contributed by atoms with E-state index in [1.807, 2.05) is 6.92 Å². The van der Waals surface area contributed by atoms with Crippen LogP contribution in [0, 0.1) is 5.82 Å². The standard InChI is InChI=1S/C24H27FN2O5/c1-2-3-21(28)16-5-4-14(11-17(16)25)10-15-12-20(26-19-7-9-32-23(15)19)24(30)27-18-6-8-31-13-22(18)29/h4-5,11-12,18,22,29H,2-3,6-10,13H2,1H3,(H,27,30)/t18-,22-/m0/s1. The molecule has 0 spiro atoms. The van der Waals surface area contributed by atoms with Crippen molar-refractivity contribution in [2.45, 2.75) is 51.2 Å². The van der Waals surface area contributed by atoms with Gasteiger partial charge in [-0.3, -0.25) is 9.59 Å². The van der Waals surface area contributed by atoms with Crippen LogP contribution in [0.5, 0.6) is 5.75 Å². The second-order valence-corrected chi connectivity index (χ2v) is 8.22. The van der Waals surface area contributed by atoms with E-state index in [0.717, 1.165) is 5.56 Å². The first-order chi connectivity index (χ1) is 15.5. The van der Waals surface area contributed by atoms with Gasteiger partial charge in [-0.05, 0) is 36.6 Å². The summed E-state index contributed by atoms with van der Waals surface area (Å²) in [5.74, 6) is -0.504. The summed E-state index contributed by atoms with van der Waals surface area (Å²) in [7, 11) is 0. The van der Waals surface area contributed by atoms with E-state index < -0.39 is 18.0 Å². The Labute approximate surface area is 186 Å². The first-order valence-corrected chi connectivity index (χ1v) is 11.0. The number of carbonyl (C=O) groups excluding carboxylic acids is 2. The molecule has 3 heterocycles. The monoisotopic (exact) mass is 442 g/mol. The molecule has 32 heavy (non-hydrogen) atoms. The van der Waals surface area contributed by atoms with Crippen LogP contribution in [0.15, 0.2) is 24.3 Å². The smallest absolute Gasteiger partial charge is 0.270 e. The van der Waals surface area contributed by atoms with Crippen LogP contribution >= 0.6 is 0 Å². The highest BCUT2D eigenvalue weighted by Crippen LogP contribution is 2.31. The van der Waals surface area contributed by atoms with E-state index in [0.29, 0.717) is 62.3 Å². The number of nitrogens with one attached hydrogen (secondary N) is 1. The second kappa shape index (κ2) is 9.75. The molecule has 1 saturated heterocycles. The molecule has 1 fully saturated rings. The molecule has 1 amide bonds. The molecule has 2 aliphatic rings. The zero-order valence-electron chi connectivity index (χ0n) is 18.0. The maximum atomic E-state index is 14.5. The molecule has 0 saturated carbocycles. The maximum Gasteiger partial charge on any atom is 0.270 e. The average molecular weight is 442 g/mol. The number of Topliss-reactive ketones (excluding diaryl/α,β-unsaturated/α-hetero) is 1. The lowest BCUT2D eigenvalue weighted by Crippen LogP contribution is -2.48. The topological polar surface area (TPSA) is 97.8 Å². The average Bonchev–Trinajstić information content (AvgIpc) is 3.24. The molecule has 0 bridgehead atoms. The summed E-state index contributed by atoms with van der Waals surface area (Å²) in [5, 5.41) is 12.9. The third-order valence-corrected chi connectivity index (χ3v) is 5.79. The Hall–Kier alpha value is -2.84. The molecule has 1 aromatic carbocycles. The van der Waals surface area contributed by atoms with E-state index in [1.165, 1.54) is 12.1 Å². The van der Waals surface area contributed by atoms with Gasteiger partial charge in [0.05, 0.1) is 36.6 Å². The number of amides is 1. The van der Waals surface area contributed by atoms with Crippen LogP contribution in [-0.4, -0.2) is 53.7 Å². The van der Waals surface area contributed by atoms with Crippen LogP contribution in [0.25, 0.3) is 0 Å². The van der Waals surface area contributed by atoms with Gasteiger partial charge in [-0.2, -0.15) is 0 Å². The third-order valence-electron chi connectivity index (χ3n) is 5.79. The van der Waals surface area contributed by atoms with E-state index in [4.69, 9.17) is 9.47 Å². The highest BCUT2D eigenvalue weighted by atomic mass is 19.1. The normalized spacial score (nSPS) is 19.8. The van der Waals surface area contributed by atoms with Crippen molar-refractivity contribution in [2.75, 3.05) is 19.8 Å². The first kappa shape index (κ1) is 22.4. The van der Waals surface area contributed by atoms with Crippen molar-refractivity contribution in [3.63, 3.8) is 0 Å². The van der Waals surface area contributed by atoms with Crippen LogP contribution < -0.4 is 10.1 Å². The second-order valence-electron chi connectivity index (χ2n) is 8.22. The van der Waals surface area contributed by atoms with Crippen molar-refractivity contribution in [2.24, 2.45) is 0 Å². The minimum absolute atomic E-state index is 0.0990. The number of aliphatic hydroxyl groups is 1. The number of hydrogen-bond acceptors (Lipinski definition) is 6. The fourth-order valence-electron chi connectivity index (χ4n) is 4.10. The van der Waals surface area contributed by atoms with Gasteiger partial charge in [-0.25, -0.2) is 9.37 Å². The minimum atomic E-state index is -0.762. The van der Waals surface area contributed by atoms with Crippen molar-refractivity contribution in [1.29, 1.82) is 0 Å². The Balaban J connectivity index is 1.56. The summed E-state index contributed by atoms with van der Waals surface area (Å²) >= 11 is 0. The summed E-state index contributed by atoms with van der Waals surface area (Å²) < 4.78 is 25.5. The number of pyridine rings is 1. The molecule has 1 aromatic heterocycles. The molecule has 2 aromatic rings. The van der Waals surface area contributed by atoms with Gasteiger partial charge < -0.3 is 19.9 Å². The van der Waals surface area contributed by atoms with Crippen molar-refractivity contribution in [1.82, 2.24) is 10.3 Å². The zero-order valence-corrected chi connectivity index (χ0v) is 18.0. The molecule has 2 N–H and O–H groups in total. The van der Waals surface area contributed by atoms with Crippen molar-refractivity contribution < 1.29 is 28.6 Å². The summed E-state index contributed by atoms with van der Waals surface area (Å²) in [4.78, 5) is 29.3. The Kier molecular flexibility index (Phi) is 6.81. The Morgan fingerprint density at radius 3 is 2.88 bits per heavy atom. The quantitative estimate of drug-likeness (QED) is 0.640. The van der Waals surface area contributed by atoms with Gasteiger partial charge in [-0.1, -0.05) is 13.0 Å². The lowest BCUT2D eigenvalue weighted by molar-refractivity contribution is -0.0261.